The number of aryl methyl sites for hydroxylation is 1. The molecule has 190 valence electrons. The molecule has 4 heterocycles. The number of primary amides is 1. The average Bonchev–Trinajstić information content (AvgIpc) is 3.26. The molecule has 10 nitrogen and oxygen atoms in total. The van der Waals surface area contributed by atoms with E-state index in [0.717, 1.165) is 47.0 Å². The molecule has 5 rings (SSSR count). The van der Waals surface area contributed by atoms with Crippen LogP contribution in [0.2, 0.25) is 0 Å². The molecule has 0 radical (unpaired) electrons. The summed E-state index contributed by atoms with van der Waals surface area (Å²) >= 11 is 0. The molecule has 1 aromatic carbocycles. The molecule has 5 aromatic rings. The second kappa shape index (κ2) is 10.9. The van der Waals surface area contributed by atoms with E-state index in [1.54, 1.807) is 31.8 Å². The topological polar surface area (TPSA) is 143 Å². The number of aromatic nitrogens is 5. The van der Waals surface area contributed by atoms with Gasteiger partial charge < -0.3 is 20.8 Å². The number of hydrogen-bond donors (Lipinski definition) is 2. The highest BCUT2D eigenvalue weighted by Gasteiger charge is 2.15. The van der Waals surface area contributed by atoms with Crippen molar-refractivity contribution in [3.8, 4) is 17.0 Å². The second-order valence-corrected chi connectivity index (χ2v) is 8.32. The summed E-state index contributed by atoms with van der Waals surface area (Å²) < 4.78 is 8.54. The molecule has 37 heavy (non-hydrogen) atoms. The molecule has 0 atom stereocenters. The van der Waals surface area contributed by atoms with E-state index in [4.69, 9.17) is 16.2 Å². The number of benzene rings is 1. The van der Waals surface area contributed by atoms with Gasteiger partial charge in [0.1, 0.15) is 5.56 Å². The average molecular weight is 500 g/mol. The van der Waals surface area contributed by atoms with Crippen LogP contribution in [-0.4, -0.2) is 37.2 Å². The van der Waals surface area contributed by atoms with Gasteiger partial charge in [-0.15, -0.1) is 5.10 Å². The predicted molar refractivity (Wildman–Crippen MR) is 144 cm³/mol. The molecule has 0 unspecified atom stereocenters. The molecule has 0 bridgehead atoms. The van der Waals surface area contributed by atoms with Gasteiger partial charge in [-0.25, -0.2) is 14.5 Å². The Morgan fingerprint density at radius 2 is 1.89 bits per heavy atom. The van der Waals surface area contributed by atoms with Gasteiger partial charge in [-0.2, -0.15) is 0 Å². The Balaban J connectivity index is 0.000000207. The number of pyridine rings is 2. The molecule has 10 heteroatoms. The number of fused-ring (bicyclic) bond motifs is 2. The minimum absolute atomic E-state index is 0.0811. The van der Waals surface area contributed by atoms with Crippen LogP contribution in [-0.2, 0) is 13.0 Å². The standard InChI is InChI=1S/C20H22N2O2.C7H7N5O/c1-4-11-22-16(5-2)12-15-7-6-8-17(19(15)20(22)23)14-9-10-21-18(13-14)24-3;8-5-4(6(9)13)7-10-2-1-3-12(7)11-5/h6-10,12-13H,4-5,11H2,1-3H3;1-3H,(H2,8,11)(H2,9,13). The van der Waals surface area contributed by atoms with Crippen LogP contribution in [0.1, 0.15) is 36.3 Å². The minimum Gasteiger partial charge on any atom is -0.481 e. The highest BCUT2D eigenvalue weighted by Crippen LogP contribution is 2.28. The lowest BCUT2D eigenvalue weighted by molar-refractivity contribution is 0.100. The van der Waals surface area contributed by atoms with Gasteiger partial charge >= 0.3 is 0 Å². The van der Waals surface area contributed by atoms with Crippen molar-refractivity contribution in [3.05, 3.63) is 82.7 Å². The lowest BCUT2D eigenvalue weighted by Gasteiger charge is -2.15. The Kier molecular flexibility index (Phi) is 7.47. The third kappa shape index (κ3) is 4.99. The Morgan fingerprint density at radius 1 is 1.08 bits per heavy atom. The first-order valence-electron chi connectivity index (χ1n) is 11.9. The zero-order valence-corrected chi connectivity index (χ0v) is 21.0. The van der Waals surface area contributed by atoms with E-state index in [0.29, 0.717) is 11.5 Å². The highest BCUT2D eigenvalue weighted by molar-refractivity contribution is 6.03. The third-order valence-electron chi connectivity index (χ3n) is 5.96. The number of ether oxygens (including phenoxy) is 1. The molecule has 1 amide bonds. The fourth-order valence-electron chi connectivity index (χ4n) is 4.28. The van der Waals surface area contributed by atoms with E-state index in [1.165, 1.54) is 4.52 Å². The van der Waals surface area contributed by atoms with E-state index >= 15 is 0 Å². The van der Waals surface area contributed by atoms with Crippen LogP contribution in [0.4, 0.5) is 5.82 Å². The van der Waals surface area contributed by atoms with Crippen molar-refractivity contribution in [2.75, 3.05) is 12.8 Å². The van der Waals surface area contributed by atoms with Gasteiger partial charge in [-0.1, -0.05) is 32.0 Å². The number of carbonyl (C=O) groups excluding carboxylic acids is 1. The minimum atomic E-state index is -0.619. The van der Waals surface area contributed by atoms with Crippen LogP contribution >= 0.6 is 0 Å². The maximum absolute atomic E-state index is 13.2. The predicted octanol–water partition coefficient (Wildman–Crippen LogP) is 3.45. The number of amides is 1. The summed E-state index contributed by atoms with van der Waals surface area (Å²) in [7, 11) is 1.59. The van der Waals surface area contributed by atoms with Crippen LogP contribution < -0.4 is 21.8 Å². The molecule has 0 aliphatic carbocycles. The summed E-state index contributed by atoms with van der Waals surface area (Å²) in [6.07, 6.45) is 6.67. The summed E-state index contributed by atoms with van der Waals surface area (Å²) in [4.78, 5) is 32.2. The summed E-state index contributed by atoms with van der Waals surface area (Å²) in [6.45, 7) is 4.92. The monoisotopic (exact) mass is 499 g/mol. The van der Waals surface area contributed by atoms with Crippen LogP contribution in [0, 0.1) is 0 Å². The van der Waals surface area contributed by atoms with Crippen molar-refractivity contribution >= 4 is 28.1 Å². The quantitative estimate of drug-likeness (QED) is 0.364. The van der Waals surface area contributed by atoms with Crippen molar-refractivity contribution in [2.45, 2.75) is 33.2 Å². The fraction of sp³-hybridized carbons (Fsp3) is 0.222. The Hall–Kier alpha value is -4.73. The lowest BCUT2D eigenvalue weighted by atomic mass is 9.99. The Morgan fingerprint density at radius 3 is 2.59 bits per heavy atom. The highest BCUT2D eigenvalue weighted by atomic mass is 16.5. The van der Waals surface area contributed by atoms with Gasteiger partial charge in [0.15, 0.2) is 11.5 Å². The summed E-state index contributed by atoms with van der Waals surface area (Å²) in [5, 5.41) is 5.61. The molecule has 0 aliphatic heterocycles. The second-order valence-electron chi connectivity index (χ2n) is 8.32. The van der Waals surface area contributed by atoms with Crippen LogP contribution in [0.15, 0.2) is 65.8 Å². The van der Waals surface area contributed by atoms with E-state index in [9.17, 15) is 9.59 Å². The number of nitrogen functional groups attached to an aromatic ring is 1. The molecule has 0 spiro atoms. The van der Waals surface area contributed by atoms with Crippen molar-refractivity contribution in [1.29, 1.82) is 0 Å². The van der Waals surface area contributed by atoms with Crippen LogP contribution in [0.5, 0.6) is 5.88 Å². The Labute approximate surface area is 213 Å². The number of nitrogens with zero attached hydrogens (tertiary/aromatic N) is 5. The molecule has 4 N–H and O–H groups in total. The van der Waals surface area contributed by atoms with Crippen LogP contribution in [0.25, 0.3) is 27.5 Å². The lowest BCUT2D eigenvalue weighted by Crippen LogP contribution is -2.24. The van der Waals surface area contributed by atoms with Crippen molar-refractivity contribution in [3.63, 3.8) is 0 Å². The number of anilines is 1. The van der Waals surface area contributed by atoms with Gasteiger partial charge in [-0.3, -0.25) is 9.59 Å². The molecular formula is C27H29N7O3. The molecular weight excluding hydrogens is 470 g/mol. The van der Waals surface area contributed by atoms with Gasteiger partial charge in [0.05, 0.1) is 12.5 Å². The van der Waals surface area contributed by atoms with Crippen LogP contribution in [0.3, 0.4) is 0 Å². The maximum atomic E-state index is 13.2. The summed E-state index contributed by atoms with van der Waals surface area (Å²) in [6, 6.07) is 13.6. The largest absolute Gasteiger partial charge is 0.481 e. The van der Waals surface area contributed by atoms with Crippen molar-refractivity contribution < 1.29 is 9.53 Å². The Bertz CT molecular complexity index is 1640. The SMILES string of the molecule is CCCn1c(CC)cc2cccc(-c3ccnc(OC)c3)c2c1=O.NC(=O)c1c(N)nn2cccnc12. The summed E-state index contributed by atoms with van der Waals surface area (Å²) in [5.74, 6) is 0.0287. The van der Waals surface area contributed by atoms with E-state index in [2.05, 4.69) is 35.0 Å². The smallest absolute Gasteiger partial charge is 0.259 e. The molecule has 0 saturated heterocycles. The van der Waals surface area contributed by atoms with Gasteiger partial charge in [-0.05, 0) is 47.6 Å². The molecule has 0 fully saturated rings. The molecule has 0 saturated carbocycles. The number of carbonyl (C=O) groups is 1. The van der Waals surface area contributed by atoms with E-state index in [1.807, 2.05) is 34.9 Å². The number of hydrogen-bond acceptors (Lipinski definition) is 7. The molecule has 4 aromatic heterocycles. The van der Waals surface area contributed by atoms with Crippen molar-refractivity contribution in [2.24, 2.45) is 5.73 Å². The molecule has 0 aliphatic rings. The normalized spacial score (nSPS) is 10.8. The number of rotatable bonds is 6. The fourth-order valence-corrected chi connectivity index (χ4v) is 4.28. The van der Waals surface area contributed by atoms with Crippen molar-refractivity contribution in [1.82, 2.24) is 24.1 Å². The third-order valence-corrected chi connectivity index (χ3v) is 5.96. The first kappa shape index (κ1) is 25.4. The zero-order valence-electron chi connectivity index (χ0n) is 21.0. The van der Waals surface area contributed by atoms with Gasteiger partial charge in [0.25, 0.3) is 11.5 Å². The first-order valence-corrected chi connectivity index (χ1v) is 11.9. The maximum Gasteiger partial charge on any atom is 0.259 e. The summed E-state index contributed by atoms with van der Waals surface area (Å²) in [5.41, 5.74) is 14.2. The number of nitrogens with two attached hydrogens (primary N) is 2. The van der Waals surface area contributed by atoms with E-state index < -0.39 is 5.91 Å². The first-order chi connectivity index (χ1) is 17.9. The van der Waals surface area contributed by atoms with Gasteiger partial charge in [0.2, 0.25) is 5.88 Å². The number of methoxy groups -OCH3 is 1. The van der Waals surface area contributed by atoms with E-state index in [-0.39, 0.29) is 16.9 Å². The zero-order chi connectivity index (χ0) is 26.5. The van der Waals surface area contributed by atoms with Gasteiger partial charge in [0, 0.05) is 36.9 Å².